The van der Waals surface area contributed by atoms with Crippen LogP contribution < -0.4 is 15.4 Å². The van der Waals surface area contributed by atoms with Gasteiger partial charge >= 0.3 is 6.03 Å². The molecule has 0 unspecified atom stereocenters. The summed E-state index contributed by atoms with van der Waals surface area (Å²) in [6.45, 7) is 3.52. The van der Waals surface area contributed by atoms with E-state index in [0.717, 1.165) is 17.7 Å². The van der Waals surface area contributed by atoms with Gasteiger partial charge in [0.2, 0.25) is 5.91 Å². The lowest BCUT2D eigenvalue weighted by atomic mass is 9.87. The maximum atomic E-state index is 13.0. The highest BCUT2D eigenvalue weighted by molar-refractivity contribution is 6.09. The second-order valence-electron chi connectivity index (χ2n) is 7.00. The number of benzene rings is 1. The van der Waals surface area contributed by atoms with Crippen LogP contribution in [0.1, 0.15) is 38.7 Å². The summed E-state index contributed by atoms with van der Waals surface area (Å²) in [6, 6.07) is 6.55. The Labute approximate surface area is 153 Å². The van der Waals surface area contributed by atoms with Crippen LogP contribution in [-0.4, -0.2) is 42.4 Å². The number of hydrogen-bond acceptors (Lipinski definition) is 4. The third-order valence-corrected chi connectivity index (χ3v) is 5.31. The van der Waals surface area contributed by atoms with Crippen molar-refractivity contribution in [3.8, 4) is 5.75 Å². The largest absolute Gasteiger partial charge is 0.497 e. The Balaban J connectivity index is 1.75. The van der Waals surface area contributed by atoms with Crippen LogP contribution in [0.3, 0.4) is 0 Å². The van der Waals surface area contributed by atoms with Gasteiger partial charge in [0.25, 0.3) is 5.91 Å². The van der Waals surface area contributed by atoms with Gasteiger partial charge in [-0.25, -0.2) is 4.79 Å². The molecule has 2 atom stereocenters. The average Bonchev–Trinajstić information content (AvgIpc) is 3.45. The van der Waals surface area contributed by atoms with Crippen LogP contribution in [0.2, 0.25) is 0 Å². The first-order valence-electron chi connectivity index (χ1n) is 8.99. The lowest BCUT2D eigenvalue weighted by Crippen LogP contribution is -2.46. The van der Waals surface area contributed by atoms with E-state index in [1.54, 1.807) is 31.4 Å². The van der Waals surface area contributed by atoms with Crippen molar-refractivity contribution in [3.05, 3.63) is 29.8 Å². The summed E-state index contributed by atoms with van der Waals surface area (Å²) < 4.78 is 5.15. The number of nitrogens with zero attached hydrogens (tertiary/aromatic N) is 1. The normalized spacial score (nSPS) is 23.6. The molecule has 1 aromatic rings. The number of hydrogen-bond donors (Lipinski definition) is 2. The number of imide groups is 1. The van der Waals surface area contributed by atoms with E-state index in [1.165, 1.54) is 0 Å². The minimum absolute atomic E-state index is 0.0702. The van der Waals surface area contributed by atoms with E-state index in [-0.39, 0.29) is 18.5 Å². The minimum atomic E-state index is -1.15. The molecule has 2 aliphatic rings. The van der Waals surface area contributed by atoms with Gasteiger partial charge in [-0.15, -0.1) is 0 Å². The molecule has 7 heteroatoms. The fraction of sp³-hybridized carbons (Fsp3) is 0.526. The lowest BCUT2D eigenvalue weighted by molar-refractivity contribution is -0.135. The highest BCUT2D eigenvalue weighted by Crippen LogP contribution is 2.34. The Morgan fingerprint density at radius 1 is 1.35 bits per heavy atom. The van der Waals surface area contributed by atoms with Crippen LogP contribution >= 0.6 is 0 Å². The minimum Gasteiger partial charge on any atom is -0.497 e. The fourth-order valence-corrected chi connectivity index (χ4v) is 3.44. The molecule has 0 radical (unpaired) electrons. The standard InChI is InChI=1S/C19H25N3O4/c1-4-19(14-7-9-15(26-3)10-8-14)17(24)22(18(25)21-19)11-16(23)20-12(2)13-5-6-13/h7-10,12-13H,4-6,11H2,1-3H3,(H,20,23)(H,21,25)/t12-,19-/m0/s1. The topological polar surface area (TPSA) is 87.7 Å². The van der Waals surface area contributed by atoms with Crippen molar-refractivity contribution in [2.75, 3.05) is 13.7 Å². The molecule has 1 saturated heterocycles. The number of carbonyl (C=O) groups excluding carboxylic acids is 3. The first-order valence-corrected chi connectivity index (χ1v) is 8.99. The van der Waals surface area contributed by atoms with Crippen molar-refractivity contribution in [1.82, 2.24) is 15.5 Å². The van der Waals surface area contributed by atoms with Crippen molar-refractivity contribution in [3.63, 3.8) is 0 Å². The molecule has 0 spiro atoms. The zero-order valence-corrected chi connectivity index (χ0v) is 15.4. The van der Waals surface area contributed by atoms with Gasteiger partial charge < -0.3 is 15.4 Å². The molecule has 1 aliphatic heterocycles. The maximum absolute atomic E-state index is 13.0. The van der Waals surface area contributed by atoms with E-state index in [0.29, 0.717) is 23.7 Å². The van der Waals surface area contributed by atoms with Gasteiger partial charge in [-0.1, -0.05) is 19.1 Å². The molecule has 140 valence electrons. The smallest absolute Gasteiger partial charge is 0.325 e. The summed E-state index contributed by atoms with van der Waals surface area (Å²) in [4.78, 5) is 38.7. The Hall–Kier alpha value is -2.57. The number of urea groups is 1. The second kappa shape index (κ2) is 6.97. The van der Waals surface area contributed by atoms with Crippen molar-refractivity contribution in [1.29, 1.82) is 0 Å². The van der Waals surface area contributed by atoms with E-state index in [2.05, 4.69) is 10.6 Å². The summed E-state index contributed by atoms with van der Waals surface area (Å²) in [5.74, 6) is 0.470. The molecule has 2 fully saturated rings. The molecule has 4 amide bonds. The van der Waals surface area contributed by atoms with Gasteiger partial charge in [0, 0.05) is 6.04 Å². The Bertz CT molecular complexity index is 714. The van der Waals surface area contributed by atoms with Gasteiger partial charge in [0.05, 0.1) is 7.11 Å². The Morgan fingerprint density at radius 2 is 2.00 bits per heavy atom. The second-order valence-corrected chi connectivity index (χ2v) is 7.00. The molecule has 3 rings (SSSR count). The third-order valence-electron chi connectivity index (χ3n) is 5.31. The van der Waals surface area contributed by atoms with Gasteiger partial charge in [0.15, 0.2) is 0 Å². The SMILES string of the molecule is CC[C@@]1(c2ccc(OC)cc2)NC(=O)N(CC(=O)N[C@@H](C)C2CC2)C1=O. The molecule has 0 aromatic heterocycles. The molecule has 1 aromatic carbocycles. The Kier molecular flexibility index (Phi) is 4.89. The summed E-state index contributed by atoms with van der Waals surface area (Å²) >= 11 is 0. The van der Waals surface area contributed by atoms with Crippen molar-refractivity contribution >= 4 is 17.8 Å². The molecule has 1 saturated carbocycles. The Morgan fingerprint density at radius 3 is 2.54 bits per heavy atom. The van der Waals surface area contributed by atoms with E-state index in [1.807, 2.05) is 13.8 Å². The first-order chi connectivity index (χ1) is 12.4. The molecule has 7 nitrogen and oxygen atoms in total. The van der Waals surface area contributed by atoms with Gasteiger partial charge in [0.1, 0.15) is 17.8 Å². The van der Waals surface area contributed by atoms with Gasteiger partial charge in [-0.2, -0.15) is 0 Å². The number of carbonyl (C=O) groups is 3. The molecule has 26 heavy (non-hydrogen) atoms. The van der Waals surface area contributed by atoms with Crippen molar-refractivity contribution < 1.29 is 19.1 Å². The lowest BCUT2D eigenvalue weighted by Gasteiger charge is -2.26. The number of methoxy groups -OCH3 is 1. The van der Waals surface area contributed by atoms with Gasteiger partial charge in [-0.05, 0) is 49.8 Å². The molecule has 1 heterocycles. The summed E-state index contributed by atoms with van der Waals surface area (Å²) in [7, 11) is 1.57. The summed E-state index contributed by atoms with van der Waals surface area (Å²) in [5.41, 5.74) is -0.473. The quantitative estimate of drug-likeness (QED) is 0.726. The van der Waals surface area contributed by atoms with Crippen LogP contribution in [0, 0.1) is 5.92 Å². The highest BCUT2D eigenvalue weighted by Gasteiger charge is 2.51. The van der Waals surface area contributed by atoms with E-state index < -0.39 is 17.5 Å². The number of ether oxygens (including phenoxy) is 1. The van der Waals surface area contributed by atoms with Crippen LogP contribution in [0.4, 0.5) is 4.79 Å². The molecule has 2 N–H and O–H groups in total. The van der Waals surface area contributed by atoms with E-state index in [9.17, 15) is 14.4 Å². The van der Waals surface area contributed by atoms with E-state index >= 15 is 0 Å². The highest BCUT2D eigenvalue weighted by atomic mass is 16.5. The molecular formula is C19H25N3O4. The zero-order valence-electron chi connectivity index (χ0n) is 15.4. The van der Waals surface area contributed by atoms with Crippen LogP contribution in [0.5, 0.6) is 5.75 Å². The molecule has 0 bridgehead atoms. The fourth-order valence-electron chi connectivity index (χ4n) is 3.44. The van der Waals surface area contributed by atoms with Crippen LogP contribution in [0.15, 0.2) is 24.3 Å². The maximum Gasteiger partial charge on any atom is 0.325 e. The predicted octanol–water partition coefficient (Wildman–Crippen LogP) is 1.77. The number of nitrogens with one attached hydrogen (secondary N) is 2. The first kappa shape index (κ1) is 18.2. The monoisotopic (exact) mass is 359 g/mol. The number of amides is 4. The number of rotatable bonds is 7. The summed E-state index contributed by atoms with van der Waals surface area (Å²) in [5, 5.41) is 5.66. The van der Waals surface area contributed by atoms with Crippen molar-refractivity contribution in [2.45, 2.75) is 44.7 Å². The molecular weight excluding hydrogens is 334 g/mol. The molecule has 1 aliphatic carbocycles. The third kappa shape index (κ3) is 3.25. The van der Waals surface area contributed by atoms with Crippen molar-refractivity contribution in [2.24, 2.45) is 5.92 Å². The van der Waals surface area contributed by atoms with Crippen LogP contribution in [-0.2, 0) is 15.1 Å². The zero-order chi connectivity index (χ0) is 18.9. The predicted molar refractivity (Wildman–Crippen MR) is 95.5 cm³/mol. The average molecular weight is 359 g/mol. The summed E-state index contributed by atoms with van der Waals surface area (Å²) in [6.07, 6.45) is 2.61. The van der Waals surface area contributed by atoms with Crippen LogP contribution in [0.25, 0.3) is 0 Å². The van der Waals surface area contributed by atoms with E-state index in [4.69, 9.17) is 4.74 Å². The van der Waals surface area contributed by atoms with Gasteiger partial charge in [-0.3, -0.25) is 14.5 Å².